The number of nitrogens with two attached hydrogens (primary N) is 1. The summed E-state index contributed by atoms with van der Waals surface area (Å²) in [5.41, 5.74) is 11.4. The maximum Gasteiger partial charge on any atom is 0.162 e. The Bertz CT molecular complexity index is 1150. The molecule has 0 saturated heterocycles. The lowest BCUT2D eigenvalue weighted by atomic mass is 9.68. The van der Waals surface area contributed by atoms with Crippen molar-refractivity contribution in [3.63, 3.8) is 0 Å². The highest BCUT2D eigenvalue weighted by molar-refractivity contribution is 9.10. The average Bonchev–Trinajstić information content (AvgIpc) is 2.66. The minimum Gasteiger partial charge on any atom is -0.384 e. The molecule has 2 aromatic carbocycles. The van der Waals surface area contributed by atoms with E-state index >= 15 is 0 Å². The van der Waals surface area contributed by atoms with Crippen LogP contribution in [-0.2, 0) is 4.79 Å². The number of anilines is 1. The zero-order valence-electron chi connectivity index (χ0n) is 17.4. The van der Waals surface area contributed by atoms with Gasteiger partial charge in [-0.1, -0.05) is 60.1 Å². The fraction of sp³-hybridized carbons (Fsp3) is 0.280. The summed E-state index contributed by atoms with van der Waals surface area (Å²) in [6.45, 7) is 6.23. The number of rotatable bonds is 2. The van der Waals surface area contributed by atoms with Crippen molar-refractivity contribution < 1.29 is 4.79 Å². The topological polar surface area (TPSA) is 70.1 Å². The van der Waals surface area contributed by atoms with Crippen LogP contribution in [0.5, 0.6) is 0 Å². The zero-order valence-corrected chi connectivity index (χ0v) is 19.0. The summed E-state index contributed by atoms with van der Waals surface area (Å²) in [5.74, 6) is 0.0565. The Morgan fingerprint density at radius 3 is 2.57 bits per heavy atom. The molecule has 1 aliphatic heterocycles. The van der Waals surface area contributed by atoms with Crippen molar-refractivity contribution in [2.45, 2.75) is 39.5 Å². The zero-order chi connectivity index (χ0) is 21.6. The van der Waals surface area contributed by atoms with Crippen LogP contribution in [0.25, 0.3) is 0 Å². The van der Waals surface area contributed by atoms with Crippen molar-refractivity contribution in [3.05, 3.63) is 86.8 Å². The first-order valence-electron chi connectivity index (χ1n) is 10.0. The molecule has 2 N–H and O–H groups in total. The number of carbonyl (C=O) groups excluding carboxylic acids is 1. The summed E-state index contributed by atoms with van der Waals surface area (Å²) in [6.07, 6.45) is 1.17. The third kappa shape index (κ3) is 3.36. The van der Waals surface area contributed by atoms with Crippen molar-refractivity contribution in [1.29, 1.82) is 5.26 Å². The lowest BCUT2D eigenvalue weighted by Gasteiger charge is -2.44. The highest BCUT2D eigenvalue weighted by Gasteiger charge is 2.44. The van der Waals surface area contributed by atoms with Crippen LogP contribution in [0, 0.1) is 23.7 Å². The van der Waals surface area contributed by atoms with E-state index in [1.54, 1.807) is 0 Å². The van der Waals surface area contributed by atoms with Gasteiger partial charge in [-0.25, -0.2) is 0 Å². The number of Topliss-reactive ketones (excluding diaryl/α,β-unsaturated/α-hetero) is 1. The predicted molar refractivity (Wildman–Crippen MR) is 122 cm³/mol. The van der Waals surface area contributed by atoms with Crippen LogP contribution in [0.2, 0.25) is 0 Å². The van der Waals surface area contributed by atoms with Gasteiger partial charge in [0, 0.05) is 27.9 Å². The Labute approximate surface area is 185 Å². The molecule has 1 aliphatic carbocycles. The van der Waals surface area contributed by atoms with E-state index in [-0.39, 0.29) is 11.2 Å². The van der Waals surface area contributed by atoms with E-state index in [9.17, 15) is 10.1 Å². The van der Waals surface area contributed by atoms with Gasteiger partial charge in [0.2, 0.25) is 0 Å². The molecule has 4 rings (SSSR count). The lowest BCUT2D eigenvalue weighted by Crippen LogP contribution is -2.42. The van der Waals surface area contributed by atoms with Crippen LogP contribution in [0.1, 0.15) is 43.7 Å². The Kier molecular flexibility index (Phi) is 5.07. The van der Waals surface area contributed by atoms with Gasteiger partial charge in [0.25, 0.3) is 0 Å². The van der Waals surface area contributed by atoms with E-state index in [0.717, 1.165) is 27.0 Å². The molecule has 2 aromatic rings. The molecule has 0 fully saturated rings. The number of allylic oxidation sites excluding steroid dienone is 3. The van der Waals surface area contributed by atoms with E-state index in [2.05, 4.69) is 35.8 Å². The molecule has 2 aliphatic rings. The van der Waals surface area contributed by atoms with E-state index in [1.807, 2.05) is 60.4 Å². The molecule has 0 spiro atoms. The van der Waals surface area contributed by atoms with Crippen LogP contribution in [0.15, 0.2) is 75.7 Å². The number of hydrogen-bond donors (Lipinski definition) is 1. The number of halogens is 1. The van der Waals surface area contributed by atoms with Crippen molar-refractivity contribution in [1.82, 2.24) is 0 Å². The monoisotopic (exact) mass is 461 g/mol. The first kappa shape index (κ1) is 20.4. The van der Waals surface area contributed by atoms with Gasteiger partial charge in [-0.3, -0.25) is 9.69 Å². The van der Waals surface area contributed by atoms with E-state index in [4.69, 9.17) is 5.73 Å². The highest BCUT2D eigenvalue weighted by Crippen LogP contribution is 2.50. The second kappa shape index (κ2) is 7.45. The number of benzene rings is 2. The van der Waals surface area contributed by atoms with Crippen molar-refractivity contribution in [2.24, 2.45) is 11.1 Å². The molecule has 1 atom stereocenters. The summed E-state index contributed by atoms with van der Waals surface area (Å²) in [4.78, 5) is 15.4. The van der Waals surface area contributed by atoms with E-state index < -0.39 is 5.92 Å². The Hall–Kier alpha value is -2.84. The molecule has 0 unspecified atom stereocenters. The first-order chi connectivity index (χ1) is 14.2. The molecular weight excluding hydrogens is 438 g/mol. The van der Waals surface area contributed by atoms with Gasteiger partial charge >= 0.3 is 0 Å². The largest absolute Gasteiger partial charge is 0.384 e. The average molecular weight is 462 g/mol. The molecule has 0 bridgehead atoms. The molecule has 5 heteroatoms. The number of aryl methyl sites for hydroxylation is 1. The predicted octanol–water partition coefficient (Wildman–Crippen LogP) is 5.70. The van der Waals surface area contributed by atoms with E-state index in [1.165, 1.54) is 0 Å². The maximum absolute atomic E-state index is 13.5. The van der Waals surface area contributed by atoms with Gasteiger partial charge in [-0.05, 0) is 48.1 Å². The molecular formula is C25H24BrN3O. The van der Waals surface area contributed by atoms with Gasteiger partial charge in [0.15, 0.2) is 5.78 Å². The number of carbonyl (C=O) groups is 1. The fourth-order valence-electron chi connectivity index (χ4n) is 4.64. The summed E-state index contributed by atoms with van der Waals surface area (Å²) in [6, 6.07) is 18.1. The van der Waals surface area contributed by atoms with Crippen LogP contribution in [0.3, 0.4) is 0 Å². The smallest absolute Gasteiger partial charge is 0.162 e. The molecule has 0 amide bonds. The maximum atomic E-state index is 13.5. The van der Waals surface area contributed by atoms with Crippen molar-refractivity contribution in [3.8, 4) is 6.07 Å². The van der Waals surface area contributed by atoms with Crippen LogP contribution >= 0.6 is 15.9 Å². The van der Waals surface area contributed by atoms with Crippen molar-refractivity contribution in [2.75, 3.05) is 4.90 Å². The third-order valence-electron chi connectivity index (χ3n) is 5.95. The molecule has 1 heterocycles. The minimum atomic E-state index is -0.432. The first-order valence-corrected chi connectivity index (χ1v) is 10.8. The standard InChI is InChI=1S/C25H24BrN3O/c1-15-7-4-5-10-18(15)22-19(14-27)24(28)29(17-9-6-8-16(26)11-17)20-12-25(2,3)13-21(30)23(20)22/h4-11,22H,12-13,28H2,1-3H3/t22-/m0/s1. The molecule has 30 heavy (non-hydrogen) atoms. The number of nitriles is 1. The van der Waals surface area contributed by atoms with Gasteiger partial charge in [0.05, 0.1) is 17.6 Å². The second-order valence-electron chi connectivity index (χ2n) is 8.82. The third-order valence-corrected chi connectivity index (χ3v) is 6.44. The summed E-state index contributed by atoms with van der Waals surface area (Å²) < 4.78 is 0.913. The normalized spacial score (nSPS) is 20.8. The molecule has 0 radical (unpaired) electrons. The Morgan fingerprint density at radius 2 is 1.90 bits per heavy atom. The number of nitrogens with zero attached hydrogens (tertiary/aromatic N) is 2. The molecule has 0 saturated carbocycles. The molecule has 152 valence electrons. The number of hydrogen-bond acceptors (Lipinski definition) is 4. The van der Waals surface area contributed by atoms with Gasteiger partial charge in [-0.2, -0.15) is 5.26 Å². The molecule has 4 nitrogen and oxygen atoms in total. The summed E-state index contributed by atoms with van der Waals surface area (Å²) >= 11 is 3.53. The van der Waals surface area contributed by atoms with Gasteiger partial charge in [0.1, 0.15) is 5.82 Å². The molecule has 0 aromatic heterocycles. The fourth-order valence-corrected chi connectivity index (χ4v) is 5.03. The quantitative estimate of drug-likeness (QED) is 0.622. The van der Waals surface area contributed by atoms with E-state index in [0.29, 0.717) is 29.8 Å². The SMILES string of the molecule is Cc1ccccc1[C@H]1C(C#N)=C(N)N(c2cccc(Br)c2)C2=C1C(=O)CC(C)(C)C2. The lowest BCUT2D eigenvalue weighted by molar-refractivity contribution is -0.118. The summed E-state index contributed by atoms with van der Waals surface area (Å²) in [7, 11) is 0. The second-order valence-corrected chi connectivity index (χ2v) is 9.73. The van der Waals surface area contributed by atoms with Crippen LogP contribution < -0.4 is 10.6 Å². The Morgan fingerprint density at radius 1 is 1.17 bits per heavy atom. The van der Waals surface area contributed by atoms with Crippen molar-refractivity contribution >= 4 is 27.4 Å². The van der Waals surface area contributed by atoms with Gasteiger partial charge in [-0.15, -0.1) is 0 Å². The highest BCUT2D eigenvalue weighted by atomic mass is 79.9. The Balaban J connectivity index is 2.03. The summed E-state index contributed by atoms with van der Waals surface area (Å²) in [5, 5.41) is 10.1. The van der Waals surface area contributed by atoms with Crippen LogP contribution in [-0.4, -0.2) is 5.78 Å². The van der Waals surface area contributed by atoms with Gasteiger partial charge < -0.3 is 5.73 Å². The minimum absolute atomic E-state index is 0.0924. The number of ketones is 1. The van der Waals surface area contributed by atoms with Crippen LogP contribution in [0.4, 0.5) is 5.69 Å².